The first-order valence-electron chi connectivity index (χ1n) is 13.2. The minimum Gasteiger partial charge on any atom is -0.336 e. The smallest absolute Gasteiger partial charge is 0.336 e. The van der Waals surface area contributed by atoms with Gasteiger partial charge in [-0.05, 0) is 42.2 Å². The molecular formula is C28H23F6N5O4. The highest BCUT2D eigenvalue weighted by atomic mass is 19.4. The summed E-state index contributed by atoms with van der Waals surface area (Å²) in [6.07, 6.45) is -8.91. The van der Waals surface area contributed by atoms with Crippen LogP contribution >= 0.6 is 0 Å². The maximum absolute atomic E-state index is 13.7. The van der Waals surface area contributed by atoms with Crippen molar-refractivity contribution in [3.8, 4) is 6.07 Å². The van der Waals surface area contributed by atoms with Crippen molar-refractivity contribution in [2.75, 3.05) is 17.2 Å². The van der Waals surface area contributed by atoms with Crippen molar-refractivity contribution < 1.29 is 45.5 Å². The predicted octanol–water partition coefficient (Wildman–Crippen LogP) is 3.96. The number of nitriles is 1. The minimum absolute atomic E-state index is 0.00309. The third-order valence-corrected chi connectivity index (χ3v) is 7.89. The van der Waals surface area contributed by atoms with Crippen molar-refractivity contribution >= 4 is 35.0 Å². The number of anilines is 2. The van der Waals surface area contributed by atoms with E-state index in [2.05, 4.69) is 10.6 Å². The number of para-hydroxylation sites is 1. The number of likely N-dealkylation sites (tertiary alicyclic amines) is 1. The normalized spacial score (nSPS) is 22.0. The van der Waals surface area contributed by atoms with Gasteiger partial charge in [-0.3, -0.25) is 19.2 Å². The van der Waals surface area contributed by atoms with Gasteiger partial charge in [-0.25, -0.2) is 0 Å². The Balaban J connectivity index is 1.35. The molecule has 4 amide bonds. The zero-order chi connectivity index (χ0) is 31.3. The minimum atomic E-state index is -5.30. The molecular weight excluding hydrogens is 584 g/mol. The SMILES string of the molecule is N#C[C@@H]1C[C@@]2(CN1C(=O)[C@H](CC1CC1)NC(=O)C(=O)Nc1ccc(C(F)(F)F)cc1C(F)(F)F)C(=O)Nc1ccccc12. The number of alkyl halides is 6. The van der Waals surface area contributed by atoms with Crippen LogP contribution in [0.4, 0.5) is 37.7 Å². The number of halogens is 6. The largest absolute Gasteiger partial charge is 0.418 e. The van der Waals surface area contributed by atoms with E-state index < -0.39 is 70.3 Å². The maximum Gasteiger partial charge on any atom is 0.418 e. The van der Waals surface area contributed by atoms with E-state index in [4.69, 9.17) is 0 Å². The Hall–Kier alpha value is -4.61. The topological polar surface area (TPSA) is 131 Å². The molecule has 2 fully saturated rings. The number of carbonyl (C=O) groups excluding carboxylic acids is 4. The van der Waals surface area contributed by atoms with Gasteiger partial charge < -0.3 is 20.9 Å². The molecule has 1 saturated heterocycles. The van der Waals surface area contributed by atoms with Crippen molar-refractivity contribution in [3.05, 3.63) is 59.2 Å². The fraction of sp³-hybridized carbons (Fsp3) is 0.393. The highest BCUT2D eigenvalue weighted by Gasteiger charge is 2.56. The monoisotopic (exact) mass is 607 g/mol. The van der Waals surface area contributed by atoms with Gasteiger partial charge in [-0.2, -0.15) is 31.6 Å². The molecule has 2 aromatic rings. The van der Waals surface area contributed by atoms with E-state index in [1.807, 2.05) is 6.07 Å². The van der Waals surface area contributed by atoms with Crippen LogP contribution in [0.3, 0.4) is 0 Å². The summed E-state index contributed by atoms with van der Waals surface area (Å²) < 4.78 is 79.4. The second kappa shape index (κ2) is 10.6. The Labute approximate surface area is 240 Å². The maximum atomic E-state index is 13.7. The molecule has 43 heavy (non-hydrogen) atoms. The summed E-state index contributed by atoms with van der Waals surface area (Å²) in [6, 6.07) is 6.94. The van der Waals surface area contributed by atoms with E-state index in [0.717, 1.165) is 4.90 Å². The molecule has 0 unspecified atom stereocenters. The second-order valence-electron chi connectivity index (χ2n) is 10.8. The molecule has 2 aromatic carbocycles. The lowest BCUT2D eigenvalue weighted by molar-refractivity contribution is -0.142. The summed E-state index contributed by atoms with van der Waals surface area (Å²) in [4.78, 5) is 53.3. The van der Waals surface area contributed by atoms with E-state index in [9.17, 15) is 50.8 Å². The van der Waals surface area contributed by atoms with Gasteiger partial charge in [0.2, 0.25) is 11.8 Å². The first kappa shape index (κ1) is 29.9. The van der Waals surface area contributed by atoms with Gasteiger partial charge in [0.1, 0.15) is 12.1 Å². The molecule has 1 spiro atoms. The lowest BCUT2D eigenvalue weighted by Gasteiger charge is -2.27. The number of benzene rings is 2. The van der Waals surface area contributed by atoms with Crippen molar-refractivity contribution in [1.82, 2.24) is 10.2 Å². The number of hydrogen-bond acceptors (Lipinski definition) is 5. The zero-order valence-corrected chi connectivity index (χ0v) is 22.1. The van der Waals surface area contributed by atoms with Crippen LogP contribution in [0.15, 0.2) is 42.5 Å². The zero-order valence-electron chi connectivity index (χ0n) is 22.1. The Kier molecular flexibility index (Phi) is 7.35. The second-order valence-corrected chi connectivity index (χ2v) is 10.8. The van der Waals surface area contributed by atoms with Crippen molar-refractivity contribution in [2.24, 2.45) is 5.92 Å². The Bertz CT molecular complexity index is 1550. The lowest BCUT2D eigenvalue weighted by Crippen LogP contribution is -2.53. The average molecular weight is 608 g/mol. The van der Waals surface area contributed by atoms with Gasteiger partial charge in [0.25, 0.3) is 0 Å². The molecule has 15 heteroatoms. The van der Waals surface area contributed by atoms with E-state index in [1.165, 1.54) is 0 Å². The van der Waals surface area contributed by atoms with Crippen LogP contribution in [-0.4, -0.2) is 47.2 Å². The fourth-order valence-electron chi connectivity index (χ4n) is 5.56. The van der Waals surface area contributed by atoms with Gasteiger partial charge in [0.05, 0.1) is 28.3 Å². The number of rotatable bonds is 5. The summed E-state index contributed by atoms with van der Waals surface area (Å²) in [6.45, 7) is -0.184. The summed E-state index contributed by atoms with van der Waals surface area (Å²) in [7, 11) is 0. The lowest BCUT2D eigenvalue weighted by atomic mass is 9.80. The van der Waals surface area contributed by atoms with E-state index in [1.54, 1.807) is 29.6 Å². The number of carbonyl (C=O) groups is 4. The van der Waals surface area contributed by atoms with Gasteiger partial charge in [0.15, 0.2) is 0 Å². The van der Waals surface area contributed by atoms with Gasteiger partial charge in [-0.15, -0.1) is 0 Å². The van der Waals surface area contributed by atoms with Crippen molar-refractivity contribution in [3.63, 3.8) is 0 Å². The predicted molar refractivity (Wildman–Crippen MR) is 137 cm³/mol. The molecule has 1 saturated carbocycles. The number of hydrogen-bond donors (Lipinski definition) is 3. The summed E-state index contributed by atoms with van der Waals surface area (Å²) in [5.74, 6) is -4.30. The Morgan fingerprint density at radius 2 is 1.74 bits per heavy atom. The molecule has 2 heterocycles. The van der Waals surface area contributed by atoms with Crippen LogP contribution in [0.5, 0.6) is 0 Å². The summed E-state index contributed by atoms with van der Waals surface area (Å²) in [5.41, 5.74) is -4.57. The average Bonchev–Trinajstić information content (AvgIpc) is 3.60. The van der Waals surface area contributed by atoms with Gasteiger partial charge in [-0.1, -0.05) is 31.0 Å². The number of amides is 4. The van der Waals surface area contributed by atoms with Crippen LogP contribution in [-0.2, 0) is 36.9 Å². The number of nitrogens with one attached hydrogen (secondary N) is 3. The van der Waals surface area contributed by atoms with Crippen molar-refractivity contribution in [2.45, 2.75) is 55.5 Å². The molecule has 3 N–H and O–H groups in total. The van der Waals surface area contributed by atoms with Crippen LogP contribution in [0.1, 0.15) is 42.4 Å². The first-order valence-corrected chi connectivity index (χ1v) is 13.2. The van der Waals surface area contributed by atoms with E-state index in [-0.39, 0.29) is 31.4 Å². The highest BCUT2D eigenvalue weighted by molar-refractivity contribution is 6.40. The third-order valence-electron chi connectivity index (χ3n) is 7.89. The molecule has 1 aliphatic carbocycles. The Morgan fingerprint density at radius 3 is 2.37 bits per heavy atom. The summed E-state index contributed by atoms with van der Waals surface area (Å²) in [5, 5.41) is 16.5. The van der Waals surface area contributed by atoms with E-state index >= 15 is 0 Å². The van der Waals surface area contributed by atoms with Gasteiger partial charge >= 0.3 is 24.2 Å². The van der Waals surface area contributed by atoms with Crippen molar-refractivity contribution in [1.29, 1.82) is 5.26 Å². The molecule has 3 atom stereocenters. The Morgan fingerprint density at radius 1 is 1.05 bits per heavy atom. The third kappa shape index (κ3) is 5.73. The van der Waals surface area contributed by atoms with Crippen LogP contribution in [0.25, 0.3) is 0 Å². The standard InChI is InChI=1S/C28H23F6N5O4/c29-27(30,31)15-7-8-20(18(10-15)28(32,33)34)36-22(40)23(41)37-21(9-14-5-6-14)24(42)39-13-26(11-16(39)12-35)17-3-1-2-4-19(17)38-25(26)43/h1-4,7-8,10,14,16,21H,5-6,9,11,13H2,(H,36,40)(H,37,41)(H,38,43)/t16-,21-,26-/m0/s1. The molecule has 0 aromatic heterocycles. The van der Waals surface area contributed by atoms with E-state index in [0.29, 0.717) is 36.2 Å². The van der Waals surface area contributed by atoms with Crippen LogP contribution in [0, 0.1) is 17.2 Å². The van der Waals surface area contributed by atoms with Crippen LogP contribution in [0.2, 0.25) is 0 Å². The van der Waals surface area contributed by atoms with Gasteiger partial charge in [0, 0.05) is 18.7 Å². The number of fused-ring (bicyclic) bond motifs is 2. The molecule has 0 bridgehead atoms. The molecule has 226 valence electrons. The molecule has 2 aliphatic heterocycles. The summed E-state index contributed by atoms with van der Waals surface area (Å²) >= 11 is 0. The van der Waals surface area contributed by atoms with Crippen LogP contribution < -0.4 is 16.0 Å². The molecule has 0 radical (unpaired) electrons. The number of nitrogens with zero attached hydrogens (tertiary/aromatic N) is 2. The molecule has 3 aliphatic rings. The molecule has 9 nitrogen and oxygen atoms in total. The fourth-order valence-corrected chi connectivity index (χ4v) is 5.56. The highest BCUT2D eigenvalue weighted by Crippen LogP contribution is 2.47. The molecule has 5 rings (SSSR count). The quantitative estimate of drug-likeness (QED) is 0.350. The first-order chi connectivity index (χ1) is 20.1.